The number of oxime groups is 1. The Balaban J connectivity index is 1.89. The third kappa shape index (κ3) is 4.70. The van der Waals surface area contributed by atoms with Crippen molar-refractivity contribution in [3.05, 3.63) is 35.4 Å². The van der Waals surface area contributed by atoms with Gasteiger partial charge in [-0.2, -0.15) is 0 Å². The van der Waals surface area contributed by atoms with Gasteiger partial charge in [0.15, 0.2) is 5.84 Å². The van der Waals surface area contributed by atoms with E-state index < -0.39 is 0 Å². The number of hydrogen-bond acceptors (Lipinski definition) is 5. The molecule has 0 atom stereocenters. The van der Waals surface area contributed by atoms with E-state index in [2.05, 4.69) is 15.0 Å². The van der Waals surface area contributed by atoms with Crippen LogP contribution in [0.2, 0.25) is 0 Å². The molecule has 21 heavy (non-hydrogen) atoms. The summed E-state index contributed by atoms with van der Waals surface area (Å²) in [4.78, 5) is 4.73. The Bertz CT molecular complexity index is 461. The van der Waals surface area contributed by atoms with Crippen molar-refractivity contribution in [1.82, 2.24) is 9.80 Å². The predicted molar refractivity (Wildman–Crippen MR) is 82.4 cm³/mol. The number of β-amino-alcohol motifs (C(OH)–C–C–N with tert-alkyl or cyclic N) is 1. The van der Waals surface area contributed by atoms with Crippen molar-refractivity contribution < 1.29 is 10.3 Å². The Morgan fingerprint density at radius 1 is 1.10 bits per heavy atom. The van der Waals surface area contributed by atoms with Gasteiger partial charge in [-0.1, -0.05) is 29.4 Å². The highest BCUT2D eigenvalue weighted by Gasteiger charge is 2.14. The molecule has 1 aliphatic heterocycles. The molecule has 0 aliphatic carbocycles. The van der Waals surface area contributed by atoms with Gasteiger partial charge in [-0.3, -0.25) is 9.80 Å². The smallest absolute Gasteiger partial charge is 0.170 e. The van der Waals surface area contributed by atoms with Crippen LogP contribution >= 0.6 is 0 Å². The fraction of sp³-hybridized carbons (Fsp3) is 0.533. The van der Waals surface area contributed by atoms with E-state index >= 15 is 0 Å². The van der Waals surface area contributed by atoms with Crippen molar-refractivity contribution in [3.8, 4) is 0 Å². The molecule has 0 bridgehead atoms. The molecular formula is C15H24N4O2. The molecule has 1 heterocycles. The highest BCUT2D eigenvalue weighted by molar-refractivity contribution is 5.96. The van der Waals surface area contributed by atoms with E-state index in [9.17, 15) is 0 Å². The second-order valence-corrected chi connectivity index (χ2v) is 5.38. The minimum Gasteiger partial charge on any atom is -0.409 e. The summed E-state index contributed by atoms with van der Waals surface area (Å²) in [6.07, 6.45) is 1.13. The minimum absolute atomic E-state index is 0.135. The molecule has 0 saturated carbocycles. The number of amidine groups is 1. The number of nitrogens with two attached hydrogens (primary N) is 1. The van der Waals surface area contributed by atoms with E-state index in [0.29, 0.717) is 0 Å². The molecule has 1 aromatic rings. The van der Waals surface area contributed by atoms with E-state index in [4.69, 9.17) is 16.0 Å². The topological polar surface area (TPSA) is 85.3 Å². The van der Waals surface area contributed by atoms with Crippen LogP contribution in [0.5, 0.6) is 0 Å². The molecule has 1 aromatic carbocycles. The quantitative estimate of drug-likeness (QED) is 0.314. The fourth-order valence-electron chi connectivity index (χ4n) is 2.64. The van der Waals surface area contributed by atoms with Crippen LogP contribution in [0.1, 0.15) is 17.5 Å². The van der Waals surface area contributed by atoms with Gasteiger partial charge in [0, 0.05) is 31.7 Å². The summed E-state index contributed by atoms with van der Waals surface area (Å²) in [5, 5.41) is 20.7. The Morgan fingerprint density at radius 3 is 2.43 bits per heavy atom. The van der Waals surface area contributed by atoms with Gasteiger partial charge in [0.25, 0.3) is 0 Å². The Labute approximate surface area is 125 Å². The van der Waals surface area contributed by atoms with Crippen LogP contribution in [0.15, 0.2) is 29.4 Å². The summed E-state index contributed by atoms with van der Waals surface area (Å²) in [7, 11) is 0. The number of nitrogens with zero attached hydrogens (tertiary/aromatic N) is 3. The maximum Gasteiger partial charge on any atom is 0.170 e. The third-order valence-corrected chi connectivity index (χ3v) is 3.86. The minimum atomic E-state index is 0.135. The van der Waals surface area contributed by atoms with Crippen molar-refractivity contribution in [1.29, 1.82) is 0 Å². The van der Waals surface area contributed by atoms with Crippen molar-refractivity contribution in [2.75, 3.05) is 39.3 Å². The largest absolute Gasteiger partial charge is 0.409 e. The van der Waals surface area contributed by atoms with E-state index in [1.54, 1.807) is 0 Å². The van der Waals surface area contributed by atoms with Gasteiger partial charge in [-0.25, -0.2) is 0 Å². The Kier molecular flexibility index (Phi) is 5.98. The highest BCUT2D eigenvalue weighted by Crippen LogP contribution is 2.10. The maximum absolute atomic E-state index is 9.01. The van der Waals surface area contributed by atoms with Crippen molar-refractivity contribution in [2.24, 2.45) is 10.9 Å². The zero-order chi connectivity index (χ0) is 15.1. The fourth-order valence-corrected chi connectivity index (χ4v) is 2.64. The van der Waals surface area contributed by atoms with E-state index in [0.717, 1.165) is 51.3 Å². The summed E-state index contributed by atoms with van der Waals surface area (Å²) in [5.41, 5.74) is 7.51. The van der Waals surface area contributed by atoms with Crippen molar-refractivity contribution in [2.45, 2.75) is 13.0 Å². The standard InChI is InChI=1S/C15H24N4O2/c16-15(17-21)14-4-2-13(3-5-14)12-19-7-1-6-18(8-9-19)10-11-20/h2-5,20-21H,1,6-12H2,(H2,16,17). The van der Waals surface area contributed by atoms with Gasteiger partial charge in [0.1, 0.15) is 0 Å². The molecule has 116 valence electrons. The summed E-state index contributed by atoms with van der Waals surface area (Å²) >= 11 is 0. The van der Waals surface area contributed by atoms with E-state index in [-0.39, 0.29) is 12.4 Å². The van der Waals surface area contributed by atoms with Gasteiger partial charge >= 0.3 is 0 Å². The number of aliphatic hydroxyl groups excluding tert-OH is 1. The molecule has 0 amide bonds. The van der Waals surface area contributed by atoms with Gasteiger partial charge < -0.3 is 16.0 Å². The monoisotopic (exact) mass is 292 g/mol. The van der Waals surface area contributed by atoms with E-state index in [1.165, 1.54) is 5.56 Å². The molecule has 1 fully saturated rings. The summed E-state index contributed by atoms with van der Waals surface area (Å²) in [6.45, 7) is 6.05. The Hall–Kier alpha value is -1.63. The molecule has 2 rings (SSSR count). The zero-order valence-corrected chi connectivity index (χ0v) is 12.3. The number of hydrogen-bond donors (Lipinski definition) is 3. The SMILES string of the molecule is N/C(=N/O)c1ccc(CN2CCCN(CCO)CC2)cc1. The van der Waals surface area contributed by atoms with Gasteiger partial charge in [-0.05, 0) is 25.1 Å². The first-order valence-corrected chi connectivity index (χ1v) is 7.35. The lowest BCUT2D eigenvalue weighted by Crippen LogP contribution is -2.32. The van der Waals surface area contributed by atoms with Gasteiger partial charge in [0.2, 0.25) is 0 Å². The van der Waals surface area contributed by atoms with Crippen LogP contribution < -0.4 is 5.73 Å². The molecule has 4 N–H and O–H groups in total. The summed E-state index contributed by atoms with van der Waals surface area (Å²) in [5.74, 6) is 0.135. The number of aliphatic hydroxyl groups is 1. The van der Waals surface area contributed by atoms with Crippen LogP contribution in [-0.4, -0.2) is 65.3 Å². The highest BCUT2D eigenvalue weighted by atomic mass is 16.4. The molecule has 0 radical (unpaired) electrons. The van der Waals surface area contributed by atoms with Gasteiger partial charge in [0.05, 0.1) is 6.61 Å². The van der Waals surface area contributed by atoms with Crippen molar-refractivity contribution in [3.63, 3.8) is 0 Å². The second-order valence-electron chi connectivity index (χ2n) is 5.38. The average Bonchev–Trinajstić information content (AvgIpc) is 2.73. The lowest BCUT2D eigenvalue weighted by molar-refractivity contribution is 0.196. The lowest BCUT2D eigenvalue weighted by atomic mass is 10.1. The van der Waals surface area contributed by atoms with Crippen LogP contribution in [0.4, 0.5) is 0 Å². The second kappa shape index (κ2) is 7.97. The molecule has 0 spiro atoms. The van der Waals surface area contributed by atoms with Crippen LogP contribution in [0, 0.1) is 0 Å². The molecule has 1 saturated heterocycles. The van der Waals surface area contributed by atoms with Crippen LogP contribution in [0.25, 0.3) is 0 Å². The third-order valence-electron chi connectivity index (χ3n) is 3.86. The number of rotatable bonds is 5. The Morgan fingerprint density at radius 2 is 1.76 bits per heavy atom. The first-order valence-electron chi connectivity index (χ1n) is 7.35. The van der Waals surface area contributed by atoms with Gasteiger partial charge in [-0.15, -0.1) is 0 Å². The predicted octanol–water partition coefficient (Wildman–Crippen LogP) is 0.281. The first-order chi connectivity index (χ1) is 10.2. The molecule has 6 heteroatoms. The lowest BCUT2D eigenvalue weighted by Gasteiger charge is -2.21. The molecule has 0 unspecified atom stereocenters. The first kappa shape index (κ1) is 15.8. The van der Waals surface area contributed by atoms with Crippen LogP contribution in [0.3, 0.4) is 0 Å². The van der Waals surface area contributed by atoms with Crippen LogP contribution in [-0.2, 0) is 6.54 Å². The number of benzene rings is 1. The zero-order valence-electron chi connectivity index (χ0n) is 12.3. The van der Waals surface area contributed by atoms with E-state index in [1.807, 2.05) is 24.3 Å². The molecule has 0 aromatic heterocycles. The summed E-state index contributed by atoms with van der Waals surface area (Å²) < 4.78 is 0. The molecule has 6 nitrogen and oxygen atoms in total. The van der Waals surface area contributed by atoms with Crippen molar-refractivity contribution >= 4 is 5.84 Å². The maximum atomic E-state index is 9.01. The normalized spacial score (nSPS) is 18.6. The molecule has 1 aliphatic rings. The average molecular weight is 292 g/mol. The summed E-state index contributed by atoms with van der Waals surface area (Å²) in [6, 6.07) is 7.79. The molecular weight excluding hydrogens is 268 g/mol.